The largest absolute Gasteiger partial charge is 0.295 e. The van der Waals surface area contributed by atoms with E-state index in [0.29, 0.717) is 0 Å². The Bertz CT molecular complexity index is 6.00. The molecule has 0 aliphatic carbocycles. The van der Waals surface area contributed by atoms with Gasteiger partial charge >= 0.3 is 0 Å². The van der Waals surface area contributed by atoms with Crippen LogP contribution in [0.1, 0.15) is 0 Å². The number of halogens is 2. The van der Waals surface area contributed by atoms with Crippen LogP contribution in [0.3, 0.4) is 0 Å². The normalized spacial score (nSPS) is 4.50. The van der Waals surface area contributed by atoms with E-state index in [-0.39, 0.29) is 14.3 Å². The Hall–Kier alpha value is 0.757. The van der Waals surface area contributed by atoms with Crippen molar-refractivity contribution in [3.8, 4) is 0 Å². The Morgan fingerprint density at radius 1 is 1.25 bits per heavy atom. The molecule has 0 aliphatic rings. The van der Waals surface area contributed by atoms with Gasteiger partial charge in [-0.15, -0.1) is 22.2 Å². The lowest BCUT2D eigenvalue weighted by molar-refractivity contribution is 2.13. The molecular formula is Cl2NSi. The number of nitrogens with zero attached hydrogens (tertiary/aromatic N) is 1. The number of hydrogen-bond acceptors (Lipinski definition) is 0. The molecule has 23 valence electrons. The second-order valence-electron chi connectivity index (χ2n) is 0.0714. The van der Waals surface area contributed by atoms with E-state index in [1.807, 2.05) is 0 Å². The molecule has 4 heteroatoms. The molecule has 0 fully saturated rings. The second-order valence-corrected chi connectivity index (χ2v) is 1.93. The van der Waals surface area contributed by atoms with Crippen molar-refractivity contribution in [1.29, 1.82) is 0 Å². The Labute approximate surface area is 37.1 Å². The first kappa shape index (κ1) is 8.83. The lowest BCUT2D eigenvalue weighted by atomic mass is 14.0. The SMILES string of the molecule is Cl[Si]Cl.[N]. The van der Waals surface area contributed by atoms with Crippen molar-refractivity contribution in [2.45, 2.75) is 0 Å². The molecule has 4 heavy (non-hydrogen) atoms. The zero-order valence-electron chi connectivity index (χ0n) is 1.70. The van der Waals surface area contributed by atoms with Gasteiger partial charge in [-0.3, -0.25) is 0 Å². The summed E-state index contributed by atoms with van der Waals surface area (Å²) >= 11 is 9.58. The molecule has 0 bridgehead atoms. The van der Waals surface area contributed by atoms with Crippen molar-refractivity contribution >= 4 is 30.3 Å². The van der Waals surface area contributed by atoms with Crippen molar-refractivity contribution in [2.75, 3.05) is 0 Å². The lowest BCUT2D eigenvalue weighted by Crippen LogP contribution is -1.36. The maximum Gasteiger partial charge on any atom is 0.295 e. The second kappa shape index (κ2) is 9.25. The van der Waals surface area contributed by atoms with Crippen molar-refractivity contribution in [1.82, 2.24) is 6.15 Å². The number of hydrogen-bond donors (Lipinski definition) is 0. The Balaban J connectivity index is 0. The first-order valence-electron chi connectivity index (χ1n) is 0.378. The molecule has 0 unspecified atom stereocenters. The Morgan fingerprint density at radius 3 is 1.25 bits per heavy atom. The van der Waals surface area contributed by atoms with E-state index < -0.39 is 0 Å². The predicted octanol–water partition coefficient (Wildman–Crippen LogP) is 0.518. The van der Waals surface area contributed by atoms with Gasteiger partial charge in [0, 0.05) is 6.15 Å². The summed E-state index contributed by atoms with van der Waals surface area (Å²) in [7, 11) is 0.0278. The van der Waals surface area contributed by atoms with Crippen LogP contribution in [0.5, 0.6) is 0 Å². The van der Waals surface area contributed by atoms with Gasteiger partial charge in [0.15, 0.2) is 0 Å². The molecule has 0 aliphatic heterocycles. The summed E-state index contributed by atoms with van der Waals surface area (Å²) in [6.07, 6.45) is 0. The third-order valence-corrected chi connectivity index (χ3v) is 0. The van der Waals surface area contributed by atoms with E-state index in [2.05, 4.69) is 0 Å². The van der Waals surface area contributed by atoms with Crippen LogP contribution in [0.25, 0.3) is 0 Å². The van der Waals surface area contributed by atoms with E-state index in [1.54, 1.807) is 0 Å². The van der Waals surface area contributed by atoms with Gasteiger partial charge < -0.3 is 0 Å². The van der Waals surface area contributed by atoms with Crippen LogP contribution in [0.2, 0.25) is 0 Å². The fourth-order valence-corrected chi connectivity index (χ4v) is 0. The van der Waals surface area contributed by atoms with Gasteiger partial charge in [-0.1, -0.05) is 0 Å². The lowest BCUT2D eigenvalue weighted by Gasteiger charge is -1.36. The molecule has 0 saturated heterocycles. The highest BCUT2D eigenvalue weighted by Crippen LogP contribution is 1.67. The summed E-state index contributed by atoms with van der Waals surface area (Å²) < 4.78 is 0. The van der Waals surface area contributed by atoms with E-state index in [9.17, 15) is 0 Å². The third-order valence-electron chi connectivity index (χ3n) is 0. The first-order valence-corrected chi connectivity index (χ1v) is 3.40. The first-order chi connectivity index (χ1) is 1.41. The molecule has 0 aromatic rings. The quantitative estimate of drug-likeness (QED) is 0.324. The maximum atomic E-state index is 4.79. The highest BCUT2D eigenvalue weighted by Gasteiger charge is 1.51. The molecule has 5 radical (unpaired) electrons. The van der Waals surface area contributed by atoms with Crippen LogP contribution < -0.4 is 6.15 Å². The van der Waals surface area contributed by atoms with Gasteiger partial charge in [0.25, 0.3) is 8.14 Å². The molecule has 0 spiro atoms. The minimum Gasteiger partial charge on any atom is -0.148 e. The van der Waals surface area contributed by atoms with Gasteiger partial charge in [0.1, 0.15) is 0 Å². The monoisotopic (exact) mass is 112 g/mol. The molecule has 0 saturated carbocycles. The highest BCUT2D eigenvalue weighted by atomic mass is 35.7. The van der Waals surface area contributed by atoms with Crippen molar-refractivity contribution in [2.24, 2.45) is 0 Å². The summed E-state index contributed by atoms with van der Waals surface area (Å²) in [5.74, 6) is 0. The summed E-state index contributed by atoms with van der Waals surface area (Å²) in [6, 6.07) is 0. The zero-order chi connectivity index (χ0) is 2.71. The van der Waals surface area contributed by atoms with Gasteiger partial charge in [0.05, 0.1) is 0 Å². The van der Waals surface area contributed by atoms with Crippen LogP contribution in [-0.2, 0) is 0 Å². The fourth-order valence-electron chi connectivity index (χ4n) is 0. The standard InChI is InChI=1S/Cl2Si.N/c1-3-2;. The third kappa shape index (κ3) is 14.9. The number of rotatable bonds is 0. The van der Waals surface area contributed by atoms with E-state index in [0.717, 1.165) is 0 Å². The molecule has 1 nitrogen and oxygen atoms in total. The minimum atomic E-state index is 0. The van der Waals surface area contributed by atoms with Crippen molar-refractivity contribution < 1.29 is 0 Å². The van der Waals surface area contributed by atoms with Crippen LogP contribution in [0, 0.1) is 0 Å². The van der Waals surface area contributed by atoms with Crippen LogP contribution in [0.4, 0.5) is 0 Å². The van der Waals surface area contributed by atoms with Gasteiger partial charge in [-0.25, -0.2) is 0 Å². The Kier molecular flexibility index (Phi) is 20.4. The average molecular weight is 113 g/mol. The average Bonchev–Trinajstić information content (AvgIpc) is 0.918. The van der Waals surface area contributed by atoms with E-state index in [4.69, 9.17) is 22.2 Å². The summed E-state index contributed by atoms with van der Waals surface area (Å²) in [4.78, 5) is 0. The van der Waals surface area contributed by atoms with Gasteiger partial charge in [-0.05, 0) is 0 Å². The van der Waals surface area contributed by atoms with E-state index >= 15 is 0 Å². The van der Waals surface area contributed by atoms with Crippen molar-refractivity contribution in [3.63, 3.8) is 0 Å². The van der Waals surface area contributed by atoms with Gasteiger partial charge in [-0.2, -0.15) is 0 Å². The van der Waals surface area contributed by atoms with Crippen LogP contribution in [0.15, 0.2) is 0 Å². The fraction of sp³-hybridized carbons (Fsp3) is 0. The highest BCUT2D eigenvalue weighted by molar-refractivity contribution is 7.22. The topological polar surface area (TPSA) is 30.5 Å². The van der Waals surface area contributed by atoms with E-state index in [1.165, 1.54) is 0 Å². The zero-order valence-corrected chi connectivity index (χ0v) is 4.22. The van der Waals surface area contributed by atoms with Crippen molar-refractivity contribution in [3.05, 3.63) is 0 Å². The molecule has 0 rings (SSSR count). The molecule has 0 N–H and O–H groups in total. The molecule has 0 atom stereocenters. The minimum absolute atomic E-state index is 0. The molecule has 0 aromatic carbocycles. The molecule has 0 amide bonds. The predicted molar refractivity (Wildman–Crippen MR) is 19.6 cm³/mol. The smallest absolute Gasteiger partial charge is 0.148 e. The molecular weight excluding hydrogens is 113 g/mol. The van der Waals surface area contributed by atoms with Crippen LogP contribution in [-0.4, -0.2) is 8.14 Å². The molecule has 0 heterocycles. The summed E-state index contributed by atoms with van der Waals surface area (Å²) in [6.45, 7) is 0. The van der Waals surface area contributed by atoms with Gasteiger partial charge in [0.2, 0.25) is 0 Å². The Morgan fingerprint density at radius 2 is 1.25 bits per heavy atom. The molecule has 0 aromatic heterocycles. The maximum absolute atomic E-state index is 4.79. The van der Waals surface area contributed by atoms with Crippen LogP contribution >= 0.6 is 22.2 Å². The summed E-state index contributed by atoms with van der Waals surface area (Å²) in [5.41, 5.74) is 0. The summed E-state index contributed by atoms with van der Waals surface area (Å²) in [5, 5.41) is 0.